The molecule has 3 rings (SSSR count). The minimum absolute atomic E-state index is 0. The molecule has 0 aromatic heterocycles. The van der Waals surface area contributed by atoms with E-state index in [0.717, 1.165) is 12.8 Å². The van der Waals surface area contributed by atoms with Crippen LogP contribution in [0.3, 0.4) is 0 Å². The molecule has 2 fully saturated rings. The monoisotopic (exact) mass is 358 g/mol. The first kappa shape index (κ1) is 19.1. The Morgan fingerprint density at radius 2 is 1.79 bits per heavy atom. The molecule has 2 unspecified atom stereocenters. The Balaban J connectivity index is 0.00000208. The van der Waals surface area contributed by atoms with E-state index in [9.17, 15) is 13.6 Å². The zero-order valence-corrected chi connectivity index (χ0v) is 14.7. The number of halogens is 3. The molecule has 134 valence electrons. The highest BCUT2D eigenvalue weighted by atomic mass is 35.5. The van der Waals surface area contributed by atoms with Gasteiger partial charge in [0.15, 0.2) is 0 Å². The molecular weight excluding hydrogens is 334 g/mol. The normalized spacial score (nSPS) is 25.2. The molecule has 2 heterocycles. The Kier molecular flexibility index (Phi) is 6.58. The Hall–Kier alpha value is -1.20. The van der Waals surface area contributed by atoms with Gasteiger partial charge in [0.25, 0.3) is 0 Å². The van der Waals surface area contributed by atoms with Crippen molar-refractivity contribution in [1.82, 2.24) is 10.2 Å². The summed E-state index contributed by atoms with van der Waals surface area (Å²) in [6, 6.07) is 4.91. The number of amides is 1. The number of carbonyl (C=O) groups excluding carboxylic acids is 1. The summed E-state index contributed by atoms with van der Waals surface area (Å²) in [5, 5.41) is 3.57. The van der Waals surface area contributed by atoms with Crippen LogP contribution in [0.2, 0.25) is 0 Å². The SMILES string of the molecule is CCN(Cc1c(F)cccc1F)C(=O)CC1CC2CCC(C1)N2.Cl. The molecule has 24 heavy (non-hydrogen) atoms. The first-order chi connectivity index (χ1) is 11.1. The zero-order chi connectivity index (χ0) is 16.4. The van der Waals surface area contributed by atoms with Crippen LogP contribution >= 0.6 is 12.4 Å². The van der Waals surface area contributed by atoms with Crippen molar-refractivity contribution in [3.05, 3.63) is 35.4 Å². The topological polar surface area (TPSA) is 32.3 Å². The van der Waals surface area contributed by atoms with Crippen molar-refractivity contribution in [3.63, 3.8) is 0 Å². The minimum Gasteiger partial charge on any atom is -0.338 e. The first-order valence-corrected chi connectivity index (χ1v) is 8.53. The molecule has 0 saturated carbocycles. The number of fused-ring (bicyclic) bond motifs is 2. The van der Waals surface area contributed by atoms with Gasteiger partial charge in [-0.25, -0.2) is 8.78 Å². The lowest BCUT2D eigenvalue weighted by atomic mass is 9.89. The van der Waals surface area contributed by atoms with Crippen molar-refractivity contribution in [2.24, 2.45) is 5.92 Å². The second kappa shape index (κ2) is 8.26. The smallest absolute Gasteiger partial charge is 0.223 e. The summed E-state index contributed by atoms with van der Waals surface area (Å²) < 4.78 is 27.6. The highest BCUT2D eigenvalue weighted by Gasteiger charge is 2.34. The van der Waals surface area contributed by atoms with Crippen LogP contribution in [0, 0.1) is 17.6 Å². The maximum absolute atomic E-state index is 13.8. The van der Waals surface area contributed by atoms with Gasteiger partial charge < -0.3 is 10.2 Å². The second-order valence-electron chi connectivity index (χ2n) is 6.79. The van der Waals surface area contributed by atoms with Crippen LogP contribution in [-0.4, -0.2) is 29.4 Å². The lowest BCUT2D eigenvalue weighted by Crippen LogP contribution is -2.40. The van der Waals surface area contributed by atoms with E-state index in [2.05, 4.69) is 5.32 Å². The quantitative estimate of drug-likeness (QED) is 0.871. The fourth-order valence-electron chi connectivity index (χ4n) is 3.97. The summed E-state index contributed by atoms with van der Waals surface area (Å²) in [4.78, 5) is 14.1. The van der Waals surface area contributed by atoms with Crippen molar-refractivity contribution in [2.75, 3.05) is 6.54 Å². The number of rotatable bonds is 5. The number of nitrogens with one attached hydrogen (secondary N) is 1. The van der Waals surface area contributed by atoms with E-state index in [4.69, 9.17) is 0 Å². The predicted molar refractivity (Wildman–Crippen MR) is 92.0 cm³/mol. The van der Waals surface area contributed by atoms with E-state index >= 15 is 0 Å². The zero-order valence-electron chi connectivity index (χ0n) is 13.9. The molecule has 2 aliphatic rings. The van der Waals surface area contributed by atoms with Gasteiger partial charge in [-0.2, -0.15) is 0 Å². The molecule has 0 spiro atoms. The summed E-state index contributed by atoms with van der Waals surface area (Å²) >= 11 is 0. The molecule has 1 aromatic rings. The standard InChI is InChI=1S/C18H24F2N2O.ClH/c1-2-22(11-15-16(19)4-3-5-17(15)20)18(23)10-12-8-13-6-7-14(9-12)21-13;/h3-5,12-14,21H,2,6-11H2,1H3;1H. The third kappa shape index (κ3) is 4.25. The average molecular weight is 359 g/mol. The number of hydrogen-bond donors (Lipinski definition) is 1. The second-order valence-corrected chi connectivity index (χ2v) is 6.79. The van der Waals surface area contributed by atoms with Gasteiger partial charge in [-0.05, 0) is 50.7 Å². The summed E-state index contributed by atoms with van der Waals surface area (Å²) in [7, 11) is 0. The summed E-state index contributed by atoms with van der Waals surface area (Å²) in [6.45, 7) is 2.32. The van der Waals surface area contributed by atoms with Crippen LogP contribution in [0.1, 0.15) is 44.6 Å². The molecular formula is C18H25ClF2N2O. The first-order valence-electron chi connectivity index (χ1n) is 8.53. The van der Waals surface area contributed by atoms with Crippen LogP contribution in [0.5, 0.6) is 0 Å². The Morgan fingerprint density at radius 1 is 1.21 bits per heavy atom. The van der Waals surface area contributed by atoms with Gasteiger partial charge >= 0.3 is 0 Å². The number of carbonyl (C=O) groups is 1. The Morgan fingerprint density at radius 3 is 2.33 bits per heavy atom. The lowest BCUT2D eigenvalue weighted by Gasteiger charge is -2.30. The number of nitrogens with zero attached hydrogens (tertiary/aromatic N) is 1. The largest absolute Gasteiger partial charge is 0.338 e. The van der Waals surface area contributed by atoms with Crippen molar-refractivity contribution in [3.8, 4) is 0 Å². The molecule has 2 aliphatic heterocycles. The van der Waals surface area contributed by atoms with Crippen LogP contribution in [-0.2, 0) is 11.3 Å². The van der Waals surface area contributed by atoms with Crippen molar-refractivity contribution >= 4 is 18.3 Å². The molecule has 0 radical (unpaired) electrons. The molecule has 2 atom stereocenters. The van der Waals surface area contributed by atoms with Gasteiger partial charge in [-0.3, -0.25) is 4.79 Å². The molecule has 2 saturated heterocycles. The van der Waals surface area contributed by atoms with E-state index in [1.54, 1.807) is 4.90 Å². The van der Waals surface area contributed by atoms with E-state index in [1.807, 2.05) is 6.92 Å². The molecule has 0 aliphatic carbocycles. The number of hydrogen-bond acceptors (Lipinski definition) is 2. The molecule has 3 nitrogen and oxygen atoms in total. The van der Waals surface area contributed by atoms with Crippen LogP contribution in [0.25, 0.3) is 0 Å². The molecule has 2 bridgehead atoms. The maximum Gasteiger partial charge on any atom is 0.223 e. The van der Waals surface area contributed by atoms with Crippen molar-refractivity contribution in [2.45, 2.75) is 57.7 Å². The number of benzene rings is 1. The van der Waals surface area contributed by atoms with Gasteiger partial charge in [0.1, 0.15) is 11.6 Å². The minimum atomic E-state index is -0.587. The maximum atomic E-state index is 13.8. The Bertz CT molecular complexity index is 552. The van der Waals surface area contributed by atoms with E-state index in [1.165, 1.54) is 31.0 Å². The summed E-state index contributed by atoms with van der Waals surface area (Å²) in [5.74, 6) is -0.783. The van der Waals surface area contributed by atoms with Crippen LogP contribution in [0.15, 0.2) is 18.2 Å². The lowest BCUT2D eigenvalue weighted by molar-refractivity contribution is -0.133. The summed E-state index contributed by atoms with van der Waals surface area (Å²) in [6.07, 6.45) is 4.96. The average Bonchev–Trinajstić information content (AvgIpc) is 2.86. The molecule has 6 heteroatoms. The number of piperidine rings is 1. The van der Waals surface area contributed by atoms with Crippen molar-refractivity contribution < 1.29 is 13.6 Å². The molecule has 1 N–H and O–H groups in total. The molecule has 1 amide bonds. The predicted octanol–water partition coefficient (Wildman–Crippen LogP) is 3.66. The third-order valence-corrected chi connectivity index (χ3v) is 5.18. The van der Waals surface area contributed by atoms with Gasteiger partial charge in [0.2, 0.25) is 5.91 Å². The Labute approximate surface area is 148 Å². The van der Waals surface area contributed by atoms with Gasteiger partial charge in [0.05, 0.1) is 6.54 Å². The van der Waals surface area contributed by atoms with Gasteiger partial charge in [-0.1, -0.05) is 6.07 Å². The van der Waals surface area contributed by atoms with Crippen LogP contribution in [0.4, 0.5) is 8.78 Å². The third-order valence-electron chi connectivity index (χ3n) is 5.18. The van der Waals surface area contributed by atoms with Crippen molar-refractivity contribution in [1.29, 1.82) is 0 Å². The van der Waals surface area contributed by atoms with E-state index in [-0.39, 0.29) is 30.4 Å². The van der Waals surface area contributed by atoms with E-state index in [0.29, 0.717) is 31.0 Å². The fourth-order valence-corrected chi connectivity index (χ4v) is 3.97. The molecule has 1 aromatic carbocycles. The van der Waals surface area contributed by atoms with Gasteiger partial charge in [-0.15, -0.1) is 12.4 Å². The van der Waals surface area contributed by atoms with E-state index < -0.39 is 11.6 Å². The highest BCUT2D eigenvalue weighted by molar-refractivity contribution is 5.85. The highest BCUT2D eigenvalue weighted by Crippen LogP contribution is 2.33. The summed E-state index contributed by atoms with van der Waals surface area (Å²) in [5.41, 5.74) is -0.0203. The fraction of sp³-hybridized carbons (Fsp3) is 0.611. The van der Waals surface area contributed by atoms with Crippen LogP contribution < -0.4 is 5.32 Å². The van der Waals surface area contributed by atoms with Gasteiger partial charge in [0, 0.05) is 30.6 Å².